The SMILES string of the molecule is C[C@]12CC[C@H]3[C@@H](CCC4=CC(=O)CC[C@@]43C)[C@@H]1CC[C@@H]2OC(=O)C1CCCCCCCCCCC1. The Bertz CT molecular complexity index is 802. The Kier molecular flexibility index (Phi) is 7.81. The van der Waals surface area contributed by atoms with Gasteiger partial charge in [0.05, 0.1) is 5.92 Å². The molecule has 4 saturated carbocycles. The molecular formula is C32H50O3. The first-order valence-electron chi connectivity index (χ1n) is 15.4. The van der Waals surface area contributed by atoms with Gasteiger partial charge in [0, 0.05) is 11.8 Å². The third-order valence-electron chi connectivity index (χ3n) is 11.6. The van der Waals surface area contributed by atoms with Gasteiger partial charge in [-0.3, -0.25) is 9.59 Å². The summed E-state index contributed by atoms with van der Waals surface area (Å²) in [5, 5.41) is 0. The first kappa shape index (κ1) is 25.5. The average Bonchev–Trinajstić information content (AvgIpc) is 3.16. The minimum atomic E-state index is 0.111. The quantitative estimate of drug-likeness (QED) is 0.371. The second-order valence-electron chi connectivity index (χ2n) is 13.5. The molecule has 5 aliphatic rings. The van der Waals surface area contributed by atoms with Crippen LogP contribution in [-0.4, -0.2) is 17.9 Å². The van der Waals surface area contributed by atoms with E-state index in [9.17, 15) is 9.59 Å². The maximum Gasteiger partial charge on any atom is 0.309 e. The largest absolute Gasteiger partial charge is 0.462 e. The minimum absolute atomic E-state index is 0.111. The van der Waals surface area contributed by atoms with Gasteiger partial charge in [-0.15, -0.1) is 0 Å². The van der Waals surface area contributed by atoms with Gasteiger partial charge in [-0.05, 0) is 87.0 Å². The van der Waals surface area contributed by atoms with Crippen molar-refractivity contribution in [3.63, 3.8) is 0 Å². The summed E-state index contributed by atoms with van der Waals surface area (Å²) in [6.07, 6.45) is 24.7. The molecule has 5 rings (SSSR count). The maximum absolute atomic E-state index is 13.5. The molecule has 0 radical (unpaired) electrons. The highest BCUT2D eigenvalue weighted by molar-refractivity contribution is 5.91. The van der Waals surface area contributed by atoms with Crippen LogP contribution in [0.4, 0.5) is 0 Å². The van der Waals surface area contributed by atoms with Crippen molar-refractivity contribution in [2.24, 2.45) is 34.5 Å². The summed E-state index contributed by atoms with van der Waals surface area (Å²) >= 11 is 0. The van der Waals surface area contributed by atoms with Gasteiger partial charge < -0.3 is 4.74 Å². The fraction of sp³-hybridized carbons (Fsp3) is 0.875. The van der Waals surface area contributed by atoms with Crippen molar-refractivity contribution in [2.45, 2.75) is 142 Å². The van der Waals surface area contributed by atoms with Crippen LogP contribution < -0.4 is 0 Å². The van der Waals surface area contributed by atoms with Gasteiger partial charge in [0.2, 0.25) is 0 Å². The molecule has 4 fully saturated rings. The summed E-state index contributed by atoms with van der Waals surface area (Å²) in [5.41, 5.74) is 1.81. The summed E-state index contributed by atoms with van der Waals surface area (Å²) in [6, 6.07) is 0. The van der Waals surface area contributed by atoms with Crippen LogP contribution in [-0.2, 0) is 14.3 Å². The molecule has 6 atom stereocenters. The second-order valence-corrected chi connectivity index (χ2v) is 13.5. The highest BCUT2D eigenvalue weighted by Gasteiger charge is 2.60. The molecule has 5 aliphatic carbocycles. The first-order valence-corrected chi connectivity index (χ1v) is 15.4. The van der Waals surface area contributed by atoms with Crippen molar-refractivity contribution < 1.29 is 14.3 Å². The van der Waals surface area contributed by atoms with Gasteiger partial charge in [0.25, 0.3) is 0 Å². The molecule has 0 bridgehead atoms. The highest BCUT2D eigenvalue weighted by atomic mass is 16.5. The van der Waals surface area contributed by atoms with Crippen molar-refractivity contribution in [3.8, 4) is 0 Å². The Balaban J connectivity index is 1.24. The molecule has 0 saturated heterocycles. The van der Waals surface area contributed by atoms with E-state index in [1.54, 1.807) is 0 Å². The van der Waals surface area contributed by atoms with E-state index in [4.69, 9.17) is 4.74 Å². The molecule has 0 heterocycles. The first-order chi connectivity index (χ1) is 16.9. The fourth-order valence-corrected chi connectivity index (χ4v) is 9.34. The number of ether oxygens (including phenoxy) is 1. The Morgan fingerprint density at radius 3 is 2.11 bits per heavy atom. The number of allylic oxidation sites excluding steroid dienone is 1. The molecule has 3 heteroatoms. The third-order valence-corrected chi connectivity index (χ3v) is 11.6. The maximum atomic E-state index is 13.5. The lowest BCUT2D eigenvalue weighted by Gasteiger charge is -2.57. The fourth-order valence-electron chi connectivity index (χ4n) is 9.34. The minimum Gasteiger partial charge on any atom is -0.462 e. The van der Waals surface area contributed by atoms with E-state index in [1.165, 1.54) is 89.0 Å². The van der Waals surface area contributed by atoms with Crippen LogP contribution in [0.3, 0.4) is 0 Å². The van der Waals surface area contributed by atoms with Crippen LogP contribution in [0.15, 0.2) is 11.6 Å². The van der Waals surface area contributed by atoms with E-state index in [1.807, 2.05) is 6.08 Å². The summed E-state index contributed by atoms with van der Waals surface area (Å²) in [5.74, 6) is 2.70. The van der Waals surface area contributed by atoms with Crippen molar-refractivity contribution in [2.75, 3.05) is 0 Å². The predicted molar refractivity (Wildman–Crippen MR) is 141 cm³/mol. The van der Waals surface area contributed by atoms with Crippen LogP contribution in [0.5, 0.6) is 0 Å². The smallest absolute Gasteiger partial charge is 0.309 e. The average molecular weight is 483 g/mol. The molecule has 0 aromatic heterocycles. The topological polar surface area (TPSA) is 43.4 Å². The Hall–Kier alpha value is -1.12. The molecule has 0 aliphatic heterocycles. The lowest BCUT2D eigenvalue weighted by atomic mass is 9.47. The van der Waals surface area contributed by atoms with Gasteiger partial charge in [-0.25, -0.2) is 0 Å². The zero-order valence-electron chi connectivity index (χ0n) is 22.6. The van der Waals surface area contributed by atoms with E-state index in [0.717, 1.165) is 44.4 Å². The zero-order chi connectivity index (χ0) is 24.5. The number of esters is 1. The lowest BCUT2D eigenvalue weighted by Crippen LogP contribution is -2.51. The summed E-state index contributed by atoms with van der Waals surface area (Å²) in [6.45, 7) is 4.92. The van der Waals surface area contributed by atoms with Crippen molar-refractivity contribution in [1.82, 2.24) is 0 Å². The van der Waals surface area contributed by atoms with Gasteiger partial charge in [-0.2, -0.15) is 0 Å². The van der Waals surface area contributed by atoms with E-state index in [2.05, 4.69) is 13.8 Å². The van der Waals surface area contributed by atoms with Crippen molar-refractivity contribution in [1.29, 1.82) is 0 Å². The van der Waals surface area contributed by atoms with Crippen LogP contribution in [0.1, 0.15) is 136 Å². The zero-order valence-corrected chi connectivity index (χ0v) is 22.6. The summed E-state index contributed by atoms with van der Waals surface area (Å²) < 4.78 is 6.48. The molecule has 35 heavy (non-hydrogen) atoms. The Labute approximate surface area is 214 Å². The molecule has 0 aromatic carbocycles. The number of hydrogen-bond acceptors (Lipinski definition) is 3. The van der Waals surface area contributed by atoms with Crippen LogP contribution in [0.2, 0.25) is 0 Å². The van der Waals surface area contributed by atoms with Gasteiger partial charge in [-0.1, -0.05) is 77.2 Å². The number of rotatable bonds is 2. The van der Waals surface area contributed by atoms with Gasteiger partial charge >= 0.3 is 5.97 Å². The number of ketones is 1. The summed E-state index contributed by atoms with van der Waals surface area (Å²) in [4.78, 5) is 25.6. The molecule has 0 amide bonds. The molecule has 0 unspecified atom stereocenters. The van der Waals surface area contributed by atoms with E-state index >= 15 is 0 Å². The Morgan fingerprint density at radius 1 is 0.771 bits per heavy atom. The van der Waals surface area contributed by atoms with Gasteiger partial charge in [0.1, 0.15) is 6.10 Å². The third kappa shape index (κ3) is 5.04. The molecule has 0 N–H and O–H groups in total. The van der Waals surface area contributed by atoms with Crippen molar-refractivity contribution in [3.05, 3.63) is 11.6 Å². The van der Waals surface area contributed by atoms with E-state index < -0.39 is 0 Å². The lowest BCUT2D eigenvalue weighted by molar-refractivity contribution is -0.165. The molecule has 0 aromatic rings. The monoisotopic (exact) mass is 482 g/mol. The Morgan fingerprint density at radius 2 is 1.43 bits per heavy atom. The normalized spacial score (nSPS) is 41.4. The molecule has 0 spiro atoms. The van der Waals surface area contributed by atoms with E-state index in [0.29, 0.717) is 17.6 Å². The van der Waals surface area contributed by atoms with Crippen LogP contribution in [0.25, 0.3) is 0 Å². The standard InChI is InChI=1S/C32H50O3/c1-31-20-18-25(33)22-24(31)14-15-26-27-16-17-29(32(27,2)21-19-28(26)31)35-30(34)23-12-10-8-6-4-3-5-7-9-11-13-23/h22-23,26-29H,3-21H2,1-2H3/t26-,27-,28-,29-,31-,32-/m0/s1. The summed E-state index contributed by atoms with van der Waals surface area (Å²) in [7, 11) is 0. The predicted octanol–water partition coefficient (Wildman–Crippen LogP) is 8.35. The highest BCUT2D eigenvalue weighted by Crippen LogP contribution is 2.65. The van der Waals surface area contributed by atoms with Crippen LogP contribution >= 0.6 is 0 Å². The van der Waals surface area contributed by atoms with Crippen molar-refractivity contribution >= 4 is 11.8 Å². The van der Waals surface area contributed by atoms with Gasteiger partial charge in [0.15, 0.2) is 5.78 Å². The van der Waals surface area contributed by atoms with E-state index in [-0.39, 0.29) is 28.8 Å². The number of fused-ring (bicyclic) bond motifs is 5. The second kappa shape index (κ2) is 10.7. The number of carbonyl (C=O) groups excluding carboxylic acids is 2. The van der Waals surface area contributed by atoms with Crippen LogP contribution in [0, 0.1) is 34.5 Å². The number of carbonyl (C=O) groups is 2. The number of hydrogen-bond donors (Lipinski definition) is 0. The molecule has 3 nitrogen and oxygen atoms in total. The molecule has 196 valence electrons. The molecular weight excluding hydrogens is 432 g/mol.